The van der Waals surface area contributed by atoms with E-state index in [-0.39, 0.29) is 24.4 Å². The molecular formula is C20H30N2O5. The largest absolute Gasteiger partial charge is 0.493 e. The maximum absolute atomic E-state index is 11.7. The van der Waals surface area contributed by atoms with Crippen molar-refractivity contribution in [2.75, 3.05) is 34.4 Å². The highest BCUT2D eigenvalue weighted by Gasteiger charge is 2.49. The molecule has 27 heavy (non-hydrogen) atoms. The fourth-order valence-corrected chi connectivity index (χ4v) is 4.84. The minimum atomic E-state index is -0.711. The molecular weight excluding hydrogens is 348 g/mol. The average molecular weight is 378 g/mol. The zero-order valence-corrected chi connectivity index (χ0v) is 16.4. The third-order valence-corrected chi connectivity index (χ3v) is 6.06. The molecule has 7 nitrogen and oxygen atoms in total. The van der Waals surface area contributed by atoms with Crippen LogP contribution in [0.5, 0.6) is 17.2 Å². The first-order valence-corrected chi connectivity index (χ1v) is 9.48. The van der Waals surface area contributed by atoms with E-state index in [9.17, 15) is 9.90 Å². The van der Waals surface area contributed by atoms with Gasteiger partial charge in [0.1, 0.15) is 0 Å². The van der Waals surface area contributed by atoms with Gasteiger partial charge in [-0.15, -0.1) is 0 Å². The van der Waals surface area contributed by atoms with E-state index >= 15 is 0 Å². The first-order chi connectivity index (χ1) is 12.9. The Labute approximate surface area is 160 Å². The van der Waals surface area contributed by atoms with Gasteiger partial charge in [0.05, 0.1) is 33.5 Å². The number of primary amides is 1. The minimum absolute atomic E-state index is 0.0298. The van der Waals surface area contributed by atoms with Gasteiger partial charge in [0.2, 0.25) is 11.7 Å². The van der Waals surface area contributed by atoms with E-state index in [4.69, 9.17) is 19.9 Å². The van der Waals surface area contributed by atoms with Crippen molar-refractivity contribution >= 4 is 5.91 Å². The maximum atomic E-state index is 11.7. The first kappa shape index (κ1) is 19.8. The van der Waals surface area contributed by atoms with Gasteiger partial charge in [-0.3, -0.25) is 9.69 Å². The van der Waals surface area contributed by atoms with Gasteiger partial charge >= 0.3 is 0 Å². The highest BCUT2D eigenvalue weighted by atomic mass is 16.5. The molecule has 2 aliphatic rings. The van der Waals surface area contributed by atoms with Crippen LogP contribution in [-0.4, -0.2) is 55.9 Å². The number of rotatable bonds is 6. The summed E-state index contributed by atoms with van der Waals surface area (Å²) in [5.41, 5.74) is 5.74. The molecule has 3 rings (SSSR count). The molecule has 1 aliphatic carbocycles. The van der Waals surface area contributed by atoms with Crippen LogP contribution in [0.2, 0.25) is 0 Å². The molecule has 0 unspecified atom stereocenters. The van der Waals surface area contributed by atoms with E-state index in [1.807, 2.05) is 12.1 Å². The van der Waals surface area contributed by atoms with Gasteiger partial charge in [0.15, 0.2) is 11.5 Å². The quantitative estimate of drug-likeness (QED) is 0.785. The Hall–Kier alpha value is -1.99. The number of fused-ring (bicyclic) bond motifs is 1. The summed E-state index contributed by atoms with van der Waals surface area (Å²) in [6.45, 7) is 0.783. The number of nitrogens with zero attached hydrogens (tertiary/aromatic N) is 1. The lowest BCUT2D eigenvalue weighted by molar-refractivity contribution is -0.136. The zero-order chi connectivity index (χ0) is 19.6. The van der Waals surface area contributed by atoms with E-state index in [1.54, 1.807) is 21.3 Å². The first-order valence-electron chi connectivity index (χ1n) is 9.48. The molecule has 1 aromatic rings. The Morgan fingerprint density at radius 1 is 1.19 bits per heavy atom. The third kappa shape index (κ3) is 3.71. The van der Waals surface area contributed by atoms with Gasteiger partial charge in [-0.05, 0) is 37.0 Å². The Morgan fingerprint density at radius 2 is 1.85 bits per heavy atom. The van der Waals surface area contributed by atoms with Crippen LogP contribution in [-0.2, 0) is 4.79 Å². The van der Waals surface area contributed by atoms with Crippen LogP contribution in [0.1, 0.15) is 43.7 Å². The molecule has 150 valence electrons. The van der Waals surface area contributed by atoms with Crippen LogP contribution in [0.3, 0.4) is 0 Å². The van der Waals surface area contributed by atoms with Crippen molar-refractivity contribution in [2.24, 2.45) is 11.7 Å². The van der Waals surface area contributed by atoms with Crippen molar-refractivity contribution in [2.45, 2.75) is 43.7 Å². The van der Waals surface area contributed by atoms with E-state index < -0.39 is 5.60 Å². The lowest BCUT2D eigenvalue weighted by atomic mass is 9.66. The van der Waals surface area contributed by atoms with Crippen molar-refractivity contribution in [3.8, 4) is 17.2 Å². The molecule has 0 radical (unpaired) electrons. The van der Waals surface area contributed by atoms with Crippen molar-refractivity contribution in [3.05, 3.63) is 17.7 Å². The van der Waals surface area contributed by atoms with E-state index in [1.165, 1.54) is 0 Å². The highest BCUT2D eigenvalue weighted by Crippen LogP contribution is 2.51. The van der Waals surface area contributed by atoms with Crippen LogP contribution in [0.25, 0.3) is 0 Å². The second kappa shape index (κ2) is 7.94. The SMILES string of the molecule is COc1cc([C@H]2[C@@H]3CCCC[C@]3(O)CCN2CC(N)=O)cc(OC)c1OC. The summed E-state index contributed by atoms with van der Waals surface area (Å²) in [5.74, 6) is 1.32. The molecule has 1 amide bonds. The summed E-state index contributed by atoms with van der Waals surface area (Å²) >= 11 is 0. The number of hydrogen-bond acceptors (Lipinski definition) is 6. The van der Waals surface area contributed by atoms with Crippen LogP contribution in [0.15, 0.2) is 12.1 Å². The lowest BCUT2D eigenvalue weighted by Gasteiger charge is -2.52. The zero-order valence-electron chi connectivity index (χ0n) is 16.4. The van der Waals surface area contributed by atoms with Crippen molar-refractivity contribution in [1.29, 1.82) is 0 Å². The number of likely N-dealkylation sites (tertiary alicyclic amines) is 1. The summed E-state index contributed by atoms with van der Waals surface area (Å²) in [5, 5.41) is 11.3. The molecule has 3 N–H and O–H groups in total. The van der Waals surface area contributed by atoms with E-state index in [0.29, 0.717) is 30.2 Å². The number of hydrogen-bond donors (Lipinski definition) is 2. The van der Waals surface area contributed by atoms with Gasteiger partial charge in [0.25, 0.3) is 0 Å². The molecule has 1 saturated carbocycles. The topological polar surface area (TPSA) is 94.2 Å². The van der Waals surface area contributed by atoms with Crippen LogP contribution < -0.4 is 19.9 Å². The summed E-state index contributed by atoms with van der Waals surface area (Å²) in [6, 6.07) is 3.70. The average Bonchev–Trinajstić information content (AvgIpc) is 2.66. The number of carbonyl (C=O) groups excluding carboxylic acids is 1. The predicted octanol–water partition coefficient (Wildman–Crippen LogP) is 1.87. The third-order valence-electron chi connectivity index (χ3n) is 6.06. The van der Waals surface area contributed by atoms with E-state index in [2.05, 4.69) is 4.90 Å². The second-order valence-corrected chi connectivity index (χ2v) is 7.55. The highest BCUT2D eigenvalue weighted by molar-refractivity contribution is 5.76. The van der Waals surface area contributed by atoms with Crippen molar-refractivity contribution in [1.82, 2.24) is 4.90 Å². The standard InChI is InChI=1S/C20H30N2O5/c1-25-15-10-13(11-16(26-2)19(15)27-3)18-14-6-4-5-7-20(14,24)8-9-22(18)12-17(21)23/h10-11,14,18,24H,4-9,12H2,1-3H3,(H2,21,23)/t14-,18-,20-/m0/s1. The maximum Gasteiger partial charge on any atom is 0.231 e. The van der Waals surface area contributed by atoms with Gasteiger partial charge < -0.3 is 25.1 Å². The molecule has 2 fully saturated rings. The summed E-state index contributed by atoms with van der Waals surface area (Å²) in [7, 11) is 4.74. The molecule has 1 saturated heterocycles. The number of amides is 1. The van der Waals surface area contributed by atoms with Gasteiger partial charge in [-0.1, -0.05) is 12.8 Å². The molecule has 7 heteroatoms. The lowest BCUT2D eigenvalue weighted by Crippen LogP contribution is -2.56. The van der Waals surface area contributed by atoms with Crippen LogP contribution in [0.4, 0.5) is 0 Å². The number of ether oxygens (including phenoxy) is 3. The Balaban J connectivity index is 2.09. The monoisotopic (exact) mass is 378 g/mol. The molecule has 0 aromatic heterocycles. The molecule has 1 heterocycles. The summed E-state index contributed by atoms with van der Waals surface area (Å²) in [4.78, 5) is 13.8. The number of nitrogens with two attached hydrogens (primary N) is 1. The minimum Gasteiger partial charge on any atom is -0.493 e. The van der Waals surface area contributed by atoms with Gasteiger partial charge in [0, 0.05) is 18.5 Å². The second-order valence-electron chi connectivity index (χ2n) is 7.55. The predicted molar refractivity (Wildman–Crippen MR) is 101 cm³/mol. The molecule has 1 aromatic carbocycles. The van der Waals surface area contributed by atoms with Crippen LogP contribution >= 0.6 is 0 Å². The van der Waals surface area contributed by atoms with Crippen LogP contribution in [0, 0.1) is 5.92 Å². The summed E-state index contributed by atoms with van der Waals surface area (Å²) in [6.07, 6.45) is 4.46. The Bertz CT molecular complexity index is 670. The van der Waals surface area contributed by atoms with Gasteiger partial charge in [-0.2, -0.15) is 0 Å². The Kier molecular flexibility index (Phi) is 5.81. The molecule has 1 aliphatic heterocycles. The normalized spacial score (nSPS) is 28.3. The summed E-state index contributed by atoms with van der Waals surface area (Å²) < 4.78 is 16.5. The number of piperidine rings is 1. The number of methoxy groups -OCH3 is 3. The van der Waals surface area contributed by atoms with Crippen molar-refractivity contribution < 1.29 is 24.1 Å². The Morgan fingerprint density at radius 3 is 2.41 bits per heavy atom. The number of aliphatic hydroxyl groups is 1. The smallest absolute Gasteiger partial charge is 0.231 e. The fourth-order valence-electron chi connectivity index (χ4n) is 4.84. The number of carbonyl (C=O) groups is 1. The molecule has 0 spiro atoms. The van der Waals surface area contributed by atoms with Crippen molar-refractivity contribution in [3.63, 3.8) is 0 Å². The molecule has 3 atom stereocenters. The fraction of sp³-hybridized carbons (Fsp3) is 0.650. The molecule has 0 bridgehead atoms. The van der Waals surface area contributed by atoms with Gasteiger partial charge in [-0.25, -0.2) is 0 Å². The number of benzene rings is 1. The van der Waals surface area contributed by atoms with E-state index in [0.717, 1.165) is 31.2 Å².